The summed E-state index contributed by atoms with van der Waals surface area (Å²) in [5.41, 5.74) is 1.08. The largest absolute Gasteiger partial charge is 0.416 e. The molecular formula is C17H19F3N4. The Morgan fingerprint density at radius 3 is 2.58 bits per heavy atom. The summed E-state index contributed by atoms with van der Waals surface area (Å²) < 4.78 is 37.9. The van der Waals surface area contributed by atoms with Crippen LogP contribution < -0.4 is 10.2 Å². The Morgan fingerprint density at radius 1 is 1.21 bits per heavy atom. The highest BCUT2D eigenvalue weighted by Crippen LogP contribution is 2.31. The van der Waals surface area contributed by atoms with Crippen molar-refractivity contribution in [2.45, 2.75) is 31.6 Å². The minimum absolute atomic E-state index is 0.0799. The summed E-state index contributed by atoms with van der Waals surface area (Å²) in [5, 5.41) is 3.51. The lowest BCUT2D eigenvalue weighted by Gasteiger charge is -2.21. The van der Waals surface area contributed by atoms with Gasteiger partial charge in [-0.2, -0.15) is 13.2 Å². The van der Waals surface area contributed by atoms with Crippen LogP contribution in [0.15, 0.2) is 42.9 Å². The molecule has 3 rings (SSSR count). The van der Waals surface area contributed by atoms with Gasteiger partial charge in [-0.1, -0.05) is 0 Å². The molecule has 2 atom stereocenters. The van der Waals surface area contributed by atoms with Crippen LogP contribution in [0.25, 0.3) is 0 Å². The molecular weight excluding hydrogens is 317 g/mol. The smallest absolute Gasteiger partial charge is 0.370 e. The molecule has 0 amide bonds. The second-order valence-electron chi connectivity index (χ2n) is 5.99. The molecule has 1 aliphatic heterocycles. The van der Waals surface area contributed by atoms with Crippen LogP contribution in [0.5, 0.6) is 0 Å². The van der Waals surface area contributed by atoms with Crippen LogP contribution >= 0.6 is 0 Å². The van der Waals surface area contributed by atoms with E-state index in [1.807, 2.05) is 6.92 Å². The molecule has 1 N–H and O–H groups in total. The first-order valence-corrected chi connectivity index (χ1v) is 7.87. The van der Waals surface area contributed by atoms with Crippen LogP contribution in [0.2, 0.25) is 0 Å². The molecule has 7 heteroatoms. The van der Waals surface area contributed by atoms with E-state index < -0.39 is 11.7 Å². The second kappa shape index (κ2) is 6.76. The zero-order valence-corrected chi connectivity index (χ0v) is 13.3. The number of anilines is 1. The van der Waals surface area contributed by atoms with Gasteiger partial charge in [0.2, 0.25) is 0 Å². The minimum atomic E-state index is -4.29. The third-order valence-corrected chi connectivity index (χ3v) is 4.26. The van der Waals surface area contributed by atoms with Gasteiger partial charge in [0.05, 0.1) is 11.3 Å². The molecule has 0 saturated carbocycles. The van der Waals surface area contributed by atoms with Crippen molar-refractivity contribution in [3.05, 3.63) is 54.1 Å². The number of aromatic nitrogens is 2. The third kappa shape index (κ3) is 3.84. The maximum atomic E-state index is 12.6. The molecule has 24 heavy (non-hydrogen) atoms. The second-order valence-corrected chi connectivity index (χ2v) is 5.99. The van der Waals surface area contributed by atoms with E-state index in [2.05, 4.69) is 20.2 Å². The van der Waals surface area contributed by atoms with Gasteiger partial charge < -0.3 is 10.2 Å². The van der Waals surface area contributed by atoms with Crippen LogP contribution in [0.1, 0.15) is 30.6 Å². The average Bonchev–Trinajstić information content (AvgIpc) is 3.03. The molecule has 0 aliphatic carbocycles. The van der Waals surface area contributed by atoms with Crippen molar-refractivity contribution in [1.82, 2.24) is 15.3 Å². The van der Waals surface area contributed by atoms with Gasteiger partial charge >= 0.3 is 6.18 Å². The molecule has 0 bridgehead atoms. The lowest BCUT2D eigenvalue weighted by atomic mass is 10.2. The topological polar surface area (TPSA) is 41.0 Å². The van der Waals surface area contributed by atoms with Crippen molar-refractivity contribution in [2.75, 3.05) is 18.0 Å². The van der Waals surface area contributed by atoms with E-state index >= 15 is 0 Å². The predicted molar refractivity (Wildman–Crippen MR) is 85.6 cm³/mol. The highest BCUT2D eigenvalue weighted by molar-refractivity contribution is 5.49. The van der Waals surface area contributed by atoms with E-state index in [4.69, 9.17) is 0 Å². The maximum Gasteiger partial charge on any atom is 0.416 e. The Bertz CT molecular complexity index is 658. The van der Waals surface area contributed by atoms with Gasteiger partial charge in [-0.15, -0.1) is 0 Å². The van der Waals surface area contributed by atoms with Gasteiger partial charge in [0.25, 0.3) is 0 Å². The number of nitrogens with zero attached hydrogens (tertiary/aromatic N) is 3. The first-order chi connectivity index (χ1) is 11.4. The number of alkyl halides is 3. The molecule has 1 aliphatic rings. The predicted octanol–water partition coefficient (Wildman–Crippen LogP) is 3.42. The van der Waals surface area contributed by atoms with Gasteiger partial charge in [-0.3, -0.25) is 9.97 Å². The Balaban J connectivity index is 1.59. The molecule has 1 aromatic heterocycles. The van der Waals surface area contributed by atoms with E-state index in [0.717, 1.165) is 43.0 Å². The lowest BCUT2D eigenvalue weighted by Crippen LogP contribution is -2.34. The highest BCUT2D eigenvalue weighted by Gasteiger charge is 2.31. The van der Waals surface area contributed by atoms with E-state index in [1.165, 1.54) is 12.1 Å². The Labute approximate surface area is 138 Å². The fourth-order valence-electron chi connectivity index (χ4n) is 2.97. The van der Waals surface area contributed by atoms with Crippen LogP contribution in [0.4, 0.5) is 18.9 Å². The number of hydrogen-bond acceptors (Lipinski definition) is 4. The van der Waals surface area contributed by atoms with E-state index in [-0.39, 0.29) is 12.1 Å². The monoisotopic (exact) mass is 336 g/mol. The van der Waals surface area contributed by atoms with Gasteiger partial charge in [0, 0.05) is 49.5 Å². The summed E-state index contributed by atoms with van der Waals surface area (Å²) in [5.74, 6) is 0. The Kier molecular flexibility index (Phi) is 4.71. The lowest BCUT2D eigenvalue weighted by molar-refractivity contribution is -0.137. The van der Waals surface area contributed by atoms with Crippen LogP contribution in [-0.2, 0) is 6.18 Å². The van der Waals surface area contributed by atoms with Gasteiger partial charge in [0.1, 0.15) is 0 Å². The maximum absolute atomic E-state index is 12.6. The first kappa shape index (κ1) is 16.7. The summed E-state index contributed by atoms with van der Waals surface area (Å²) in [7, 11) is 0. The number of halogens is 3. The van der Waals surface area contributed by atoms with Crippen molar-refractivity contribution < 1.29 is 13.2 Å². The molecule has 128 valence electrons. The standard InChI is InChI=1S/C17H19F3N4/c1-12(16-10-21-7-8-22-16)23-14-6-9-24(11-14)15-4-2-13(3-5-15)17(18,19)20/h2-5,7-8,10,12,14,23H,6,9,11H2,1H3/t12-,14+/m0/s1. The van der Waals surface area contributed by atoms with Gasteiger partial charge in [-0.05, 0) is 37.6 Å². The molecule has 0 unspecified atom stereocenters. The molecule has 0 spiro atoms. The summed E-state index contributed by atoms with van der Waals surface area (Å²) in [6.45, 7) is 3.61. The molecule has 2 aromatic rings. The molecule has 4 nitrogen and oxygen atoms in total. The van der Waals surface area contributed by atoms with Crippen LogP contribution in [-0.4, -0.2) is 29.1 Å². The van der Waals surface area contributed by atoms with Crippen LogP contribution in [0, 0.1) is 0 Å². The van der Waals surface area contributed by atoms with Crippen molar-refractivity contribution >= 4 is 5.69 Å². The highest BCUT2D eigenvalue weighted by atomic mass is 19.4. The zero-order chi connectivity index (χ0) is 17.2. The van der Waals surface area contributed by atoms with Crippen molar-refractivity contribution in [2.24, 2.45) is 0 Å². The normalized spacial score (nSPS) is 19.5. The fraction of sp³-hybridized carbons (Fsp3) is 0.412. The molecule has 1 saturated heterocycles. The molecule has 2 heterocycles. The SMILES string of the molecule is C[C@H](N[C@@H]1CCN(c2ccc(C(F)(F)F)cc2)C1)c1cnccn1. The fourth-order valence-corrected chi connectivity index (χ4v) is 2.97. The summed E-state index contributed by atoms with van der Waals surface area (Å²) in [4.78, 5) is 10.4. The van der Waals surface area contributed by atoms with Crippen molar-refractivity contribution in [3.8, 4) is 0 Å². The van der Waals surface area contributed by atoms with E-state index in [0.29, 0.717) is 0 Å². The quantitative estimate of drug-likeness (QED) is 0.929. The van der Waals surface area contributed by atoms with Crippen molar-refractivity contribution in [1.29, 1.82) is 0 Å². The number of benzene rings is 1. The summed E-state index contributed by atoms with van der Waals surface area (Å²) in [6.07, 6.45) is 1.68. The number of nitrogens with one attached hydrogen (secondary N) is 1. The van der Waals surface area contributed by atoms with Crippen molar-refractivity contribution in [3.63, 3.8) is 0 Å². The van der Waals surface area contributed by atoms with Gasteiger partial charge in [-0.25, -0.2) is 0 Å². The number of rotatable bonds is 4. The average molecular weight is 336 g/mol. The summed E-state index contributed by atoms with van der Waals surface area (Å²) >= 11 is 0. The summed E-state index contributed by atoms with van der Waals surface area (Å²) in [6, 6.07) is 5.70. The zero-order valence-electron chi connectivity index (χ0n) is 13.3. The molecule has 0 radical (unpaired) electrons. The Morgan fingerprint density at radius 2 is 1.96 bits per heavy atom. The van der Waals surface area contributed by atoms with Gasteiger partial charge in [0.15, 0.2) is 0 Å². The van der Waals surface area contributed by atoms with E-state index in [1.54, 1.807) is 18.6 Å². The van der Waals surface area contributed by atoms with Crippen LogP contribution in [0.3, 0.4) is 0 Å². The Hall–Kier alpha value is -2.15. The first-order valence-electron chi connectivity index (χ1n) is 7.87. The molecule has 1 fully saturated rings. The minimum Gasteiger partial charge on any atom is -0.370 e. The number of hydrogen-bond donors (Lipinski definition) is 1. The van der Waals surface area contributed by atoms with E-state index in [9.17, 15) is 13.2 Å². The third-order valence-electron chi connectivity index (χ3n) is 4.26. The molecule has 1 aromatic carbocycles.